The standard InChI is InChI=1S/C46H80NO9P/c1-6-8-10-12-14-15-16-17-18-19-20-21-25-29-33-37-45(49)53-41-44(42-55-57(51,52)54-40-39-47(3,4)5)56-46(50)38-34-30-26-23-22-24-28-32-36-43(48)35-31-27-13-11-9-7-2/h9,11,17-18,23-24,26-28,31-32,36,43-44,48H,6-8,10,12-16,19-22,25,29-30,33-35,37-42H2,1-5H3/p+1/b11-9-,18-17-,26-23-,28-24-,31-27-,36-32+. The van der Waals surface area contributed by atoms with Crippen LogP contribution in [0.15, 0.2) is 72.9 Å². The number of aliphatic hydroxyl groups excluding tert-OH is 1. The fourth-order valence-corrected chi connectivity index (χ4v) is 6.10. The molecule has 0 amide bonds. The highest BCUT2D eigenvalue weighted by atomic mass is 31.2. The predicted molar refractivity (Wildman–Crippen MR) is 235 cm³/mol. The Morgan fingerprint density at radius 2 is 1.23 bits per heavy atom. The summed E-state index contributed by atoms with van der Waals surface area (Å²) in [5, 5.41) is 10.0. The average molecular weight is 823 g/mol. The van der Waals surface area contributed by atoms with Gasteiger partial charge in [-0.2, -0.15) is 0 Å². The number of unbranched alkanes of at least 4 members (excludes halogenated alkanes) is 12. The second kappa shape index (κ2) is 37.7. The number of aliphatic hydroxyl groups is 1. The number of carbonyl (C=O) groups excluding carboxylic acids is 2. The van der Waals surface area contributed by atoms with Gasteiger partial charge in [-0.25, -0.2) is 4.57 Å². The third kappa shape index (κ3) is 41.4. The summed E-state index contributed by atoms with van der Waals surface area (Å²) in [6, 6.07) is 0. The van der Waals surface area contributed by atoms with E-state index >= 15 is 0 Å². The van der Waals surface area contributed by atoms with E-state index in [1.165, 1.54) is 44.9 Å². The van der Waals surface area contributed by atoms with E-state index in [0.29, 0.717) is 43.1 Å². The molecule has 0 saturated carbocycles. The molecule has 2 N–H and O–H groups in total. The molecule has 0 aliphatic rings. The quantitative estimate of drug-likeness (QED) is 0.0156. The third-order valence-corrected chi connectivity index (χ3v) is 9.79. The van der Waals surface area contributed by atoms with Gasteiger partial charge in [-0.15, -0.1) is 0 Å². The zero-order valence-corrected chi connectivity index (χ0v) is 37.3. The highest BCUT2D eigenvalue weighted by Gasteiger charge is 2.27. The van der Waals surface area contributed by atoms with E-state index in [-0.39, 0.29) is 26.1 Å². The van der Waals surface area contributed by atoms with Gasteiger partial charge in [0, 0.05) is 12.8 Å². The van der Waals surface area contributed by atoms with Gasteiger partial charge in [-0.1, -0.05) is 138 Å². The molecule has 0 heterocycles. The van der Waals surface area contributed by atoms with Gasteiger partial charge >= 0.3 is 19.8 Å². The van der Waals surface area contributed by atoms with E-state index in [1.54, 1.807) is 6.08 Å². The maximum Gasteiger partial charge on any atom is 0.472 e. The smallest absolute Gasteiger partial charge is 0.462 e. The summed E-state index contributed by atoms with van der Waals surface area (Å²) in [7, 11) is 1.39. The first-order chi connectivity index (χ1) is 27.4. The van der Waals surface area contributed by atoms with Crippen LogP contribution < -0.4 is 0 Å². The summed E-state index contributed by atoms with van der Waals surface area (Å²) >= 11 is 0. The number of allylic oxidation sites excluding steroid dienone is 10. The average Bonchev–Trinajstić information content (AvgIpc) is 3.15. The van der Waals surface area contributed by atoms with Crippen molar-refractivity contribution in [1.29, 1.82) is 0 Å². The summed E-state index contributed by atoms with van der Waals surface area (Å²) in [6.45, 7) is 4.11. The predicted octanol–water partition coefficient (Wildman–Crippen LogP) is 11.2. The van der Waals surface area contributed by atoms with Crippen molar-refractivity contribution in [2.45, 2.75) is 161 Å². The number of hydrogen-bond donors (Lipinski definition) is 2. The molecule has 0 aliphatic carbocycles. The number of likely N-dealkylation sites (N-methyl/N-ethyl adjacent to an activating group) is 1. The van der Waals surface area contributed by atoms with Crippen molar-refractivity contribution < 1.29 is 47.2 Å². The molecule has 3 atom stereocenters. The lowest BCUT2D eigenvalue weighted by Gasteiger charge is -2.24. The second-order valence-corrected chi connectivity index (χ2v) is 17.0. The van der Waals surface area contributed by atoms with Gasteiger partial charge in [0.15, 0.2) is 6.10 Å². The van der Waals surface area contributed by atoms with Crippen molar-refractivity contribution in [2.75, 3.05) is 47.5 Å². The number of carbonyl (C=O) groups is 2. The highest BCUT2D eigenvalue weighted by molar-refractivity contribution is 7.47. The first kappa shape index (κ1) is 54.4. The van der Waals surface area contributed by atoms with E-state index in [2.05, 4.69) is 44.2 Å². The Bertz CT molecular complexity index is 1220. The van der Waals surface area contributed by atoms with Crippen LogP contribution in [-0.4, -0.2) is 86.1 Å². The fraction of sp³-hybridized carbons (Fsp3) is 0.696. The Morgan fingerprint density at radius 3 is 1.91 bits per heavy atom. The molecule has 0 spiro atoms. The Hall–Kier alpha value is -2.59. The van der Waals surface area contributed by atoms with E-state index in [9.17, 15) is 24.2 Å². The third-order valence-electron chi connectivity index (χ3n) is 8.80. The van der Waals surface area contributed by atoms with Crippen molar-refractivity contribution >= 4 is 19.8 Å². The van der Waals surface area contributed by atoms with E-state index in [0.717, 1.165) is 44.9 Å². The molecule has 0 aromatic carbocycles. The van der Waals surface area contributed by atoms with Crippen molar-refractivity contribution in [2.24, 2.45) is 0 Å². The summed E-state index contributed by atoms with van der Waals surface area (Å²) in [5.41, 5.74) is 0. The van der Waals surface area contributed by atoms with E-state index in [1.807, 2.05) is 57.6 Å². The van der Waals surface area contributed by atoms with Gasteiger partial charge in [0.2, 0.25) is 0 Å². The lowest BCUT2D eigenvalue weighted by molar-refractivity contribution is -0.870. The number of esters is 2. The lowest BCUT2D eigenvalue weighted by atomic mass is 10.1. The van der Waals surface area contributed by atoms with Crippen LogP contribution in [0.3, 0.4) is 0 Å². The van der Waals surface area contributed by atoms with Gasteiger partial charge in [0.25, 0.3) is 0 Å². The normalized spacial score (nSPS) is 14.9. The number of ether oxygens (including phenoxy) is 2. The minimum atomic E-state index is -4.41. The summed E-state index contributed by atoms with van der Waals surface area (Å²) in [6.07, 6.45) is 42.7. The largest absolute Gasteiger partial charge is 0.472 e. The molecule has 3 unspecified atom stereocenters. The van der Waals surface area contributed by atoms with Crippen molar-refractivity contribution in [3.05, 3.63) is 72.9 Å². The van der Waals surface area contributed by atoms with Crippen LogP contribution in [0.1, 0.15) is 149 Å². The number of quaternary nitrogens is 1. The Labute approximate surface area is 347 Å². The maximum absolute atomic E-state index is 12.7. The Kier molecular flexibility index (Phi) is 36.0. The Balaban J connectivity index is 4.56. The SMILES string of the molecule is CC/C=C\C/C=C\CC(O)/C=C/C=C\C/C=C\CCCC(=O)OC(COC(=O)CCCCCCC/C=C\CCCCCCCC)COP(=O)(O)OCC[N+](C)(C)C. The molecule has 0 aromatic heterocycles. The molecule has 0 bridgehead atoms. The van der Waals surface area contributed by atoms with Crippen LogP contribution in [0.4, 0.5) is 0 Å². The summed E-state index contributed by atoms with van der Waals surface area (Å²) < 4.78 is 34.2. The topological polar surface area (TPSA) is 129 Å². The number of rotatable bonds is 38. The minimum Gasteiger partial charge on any atom is -0.462 e. The molecule has 0 aromatic rings. The van der Waals surface area contributed by atoms with Crippen molar-refractivity contribution in [3.8, 4) is 0 Å². The summed E-state index contributed by atoms with van der Waals surface area (Å²) in [4.78, 5) is 35.3. The molecule has 0 saturated heterocycles. The molecular weight excluding hydrogens is 741 g/mol. The number of nitrogens with zero attached hydrogens (tertiary/aromatic N) is 1. The molecule has 0 aliphatic heterocycles. The van der Waals surface area contributed by atoms with E-state index in [4.69, 9.17) is 18.5 Å². The summed E-state index contributed by atoms with van der Waals surface area (Å²) in [5.74, 6) is -0.922. The number of hydrogen-bond acceptors (Lipinski definition) is 8. The molecule has 328 valence electrons. The van der Waals surface area contributed by atoms with Gasteiger partial charge in [0.1, 0.15) is 19.8 Å². The van der Waals surface area contributed by atoms with E-state index < -0.39 is 38.6 Å². The number of phosphoric ester groups is 1. The van der Waals surface area contributed by atoms with Gasteiger partial charge in [0.05, 0.1) is 33.9 Å². The zero-order valence-electron chi connectivity index (χ0n) is 36.4. The molecule has 10 nitrogen and oxygen atoms in total. The highest BCUT2D eigenvalue weighted by Crippen LogP contribution is 2.43. The van der Waals surface area contributed by atoms with Crippen LogP contribution in [0.5, 0.6) is 0 Å². The van der Waals surface area contributed by atoms with Crippen LogP contribution in [-0.2, 0) is 32.7 Å². The number of phosphoric acid groups is 1. The molecule has 0 rings (SSSR count). The van der Waals surface area contributed by atoms with Crippen LogP contribution >= 0.6 is 7.82 Å². The molecule has 57 heavy (non-hydrogen) atoms. The molecule has 11 heteroatoms. The van der Waals surface area contributed by atoms with Crippen LogP contribution in [0, 0.1) is 0 Å². The zero-order chi connectivity index (χ0) is 42.3. The van der Waals surface area contributed by atoms with Gasteiger partial charge < -0.3 is 24.0 Å². The molecule has 0 fully saturated rings. The monoisotopic (exact) mass is 823 g/mol. The van der Waals surface area contributed by atoms with Crippen LogP contribution in [0.2, 0.25) is 0 Å². The first-order valence-corrected chi connectivity index (χ1v) is 23.3. The first-order valence-electron chi connectivity index (χ1n) is 21.8. The van der Waals surface area contributed by atoms with Gasteiger partial charge in [-0.05, 0) is 70.6 Å². The van der Waals surface area contributed by atoms with Crippen molar-refractivity contribution in [3.63, 3.8) is 0 Å². The van der Waals surface area contributed by atoms with Crippen molar-refractivity contribution in [1.82, 2.24) is 0 Å². The lowest BCUT2D eigenvalue weighted by Crippen LogP contribution is -2.37. The van der Waals surface area contributed by atoms with Gasteiger partial charge in [-0.3, -0.25) is 18.6 Å². The maximum atomic E-state index is 12.7. The minimum absolute atomic E-state index is 0.00521. The molecule has 0 radical (unpaired) electrons. The molecular formula is C46H81NO9P+. The van der Waals surface area contributed by atoms with Crippen LogP contribution in [0.25, 0.3) is 0 Å². The second-order valence-electron chi connectivity index (χ2n) is 15.5. The fourth-order valence-electron chi connectivity index (χ4n) is 5.36. The Morgan fingerprint density at radius 1 is 0.649 bits per heavy atom.